The highest BCUT2D eigenvalue weighted by molar-refractivity contribution is 7.80. The van der Waals surface area contributed by atoms with Crippen LogP contribution >= 0.6 is 12.2 Å². The standard InChI is InChI=1S/C6H7N3OS/c1-3-8-2-4(7)5(9-3)6(10)11/h2H,7H2,1H3,(H,10,11). The molecule has 1 aromatic heterocycles. The summed E-state index contributed by atoms with van der Waals surface area (Å²) >= 11 is 4.49. The van der Waals surface area contributed by atoms with Gasteiger partial charge in [-0.05, 0) is 19.1 Å². The first kappa shape index (κ1) is 7.87. The van der Waals surface area contributed by atoms with Crippen LogP contribution in [0.1, 0.15) is 11.5 Å². The molecule has 0 fully saturated rings. The summed E-state index contributed by atoms with van der Waals surface area (Å²) in [5, 5.41) is 8.59. The molecule has 0 atom stereocenters. The minimum absolute atomic E-state index is 0.229. The first-order chi connectivity index (χ1) is 5.11. The summed E-state index contributed by atoms with van der Waals surface area (Å²) in [5.41, 5.74) is 5.94. The molecule has 0 aromatic carbocycles. The van der Waals surface area contributed by atoms with Gasteiger partial charge in [0, 0.05) is 0 Å². The molecular weight excluding hydrogens is 162 g/mol. The smallest absolute Gasteiger partial charge is 0.210 e. The van der Waals surface area contributed by atoms with Crippen LogP contribution in [0.3, 0.4) is 0 Å². The second kappa shape index (κ2) is 2.79. The third-order valence-electron chi connectivity index (χ3n) is 1.14. The molecule has 4 nitrogen and oxygen atoms in total. The molecule has 0 aliphatic heterocycles. The summed E-state index contributed by atoms with van der Waals surface area (Å²) < 4.78 is 0. The van der Waals surface area contributed by atoms with Gasteiger partial charge in [0.25, 0.3) is 0 Å². The van der Waals surface area contributed by atoms with E-state index in [0.717, 1.165) is 0 Å². The van der Waals surface area contributed by atoms with E-state index in [2.05, 4.69) is 22.2 Å². The van der Waals surface area contributed by atoms with Crippen molar-refractivity contribution < 1.29 is 5.11 Å². The van der Waals surface area contributed by atoms with Gasteiger partial charge in [0.05, 0.1) is 11.9 Å². The summed E-state index contributed by atoms with van der Waals surface area (Å²) in [6, 6.07) is 0. The molecule has 0 aliphatic rings. The highest BCUT2D eigenvalue weighted by Gasteiger charge is 2.05. The molecule has 0 aliphatic carbocycles. The van der Waals surface area contributed by atoms with Crippen LogP contribution in [0.5, 0.6) is 0 Å². The number of anilines is 1. The van der Waals surface area contributed by atoms with Crippen molar-refractivity contribution in [1.29, 1.82) is 0 Å². The van der Waals surface area contributed by atoms with Crippen molar-refractivity contribution in [3.05, 3.63) is 17.7 Å². The zero-order valence-electron chi connectivity index (χ0n) is 5.90. The minimum atomic E-state index is -0.298. The van der Waals surface area contributed by atoms with Gasteiger partial charge in [-0.3, -0.25) is 0 Å². The Bertz CT molecular complexity index is 300. The van der Waals surface area contributed by atoms with Gasteiger partial charge in [-0.1, -0.05) is 0 Å². The third-order valence-corrected chi connectivity index (χ3v) is 1.33. The van der Waals surface area contributed by atoms with Crippen LogP contribution in [0.2, 0.25) is 0 Å². The molecule has 3 N–H and O–H groups in total. The van der Waals surface area contributed by atoms with Crippen LogP contribution < -0.4 is 5.73 Å². The topological polar surface area (TPSA) is 72.0 Å². The van der Waals surface area contributed by atoms with Crippen molar-refractivity contribution >= 4 is 23.0 Å². The number of aryl methyl sites for hydroxylation is 1. The number of aliphatic hydroxyl groups excluding tert-OH is 1. The zero-order chi connectivity index (χ0) is 8.43. The van der Waals surface area contributed by atoms with Crippen LogP contribution in [-0.4, -0.2) is 20.1 Å². The number of hydrogen-bond acceptors (Lipinski definition) is 4. The van der Waals surface area contributed by atoms with Gasteiger partial charge in [-0.15, -0.1) is 0 Å². The molecule has 0 bridgehead atoms. The normalized spacial score (nSPS) is 9.55. The maximum absolute atomic E-state index is 8.89. The van der Waals surface area contributed by atoms with Crippen LogP contribution in [0, 0.1) is 6.92 Å². The Morgan fingerprint density at radius 1 is 1.73 bits per heavy atom. The average Bonchev–Trinajstić information content (AvgIpc) is 1.94. The van der Waals surface area contributed by atoms with E-state index in [4.69, 9.17) is 10.8 Å². The third kappa shape index (κ3) is 1.62. The van der Waals surface area contributed by atoms with Gasteiger partial charge in [0.15, 0.2) is 0 Å². The lowest BCUT2D eigenvalue weighted by molar-refractivity contribution is 0.568. The summed E-state index contributed by atoms with van der Waals surface area (Å²) in [6.07, 6.45) is 1.42. The largest absolute Gasteiger partial charge is 0.497 e. The fourth-order valence-electron chi connectivity index (χ4n) is 0.651. The van der Waals surface area contributed by atoms with E-state index in [-0.39, 0.29) is 10.7 Å². The fraction of sp³-hybridized carbons (Fsp3) is 0.167. The van der Waals surface area contributed by atoms with Gasteiger partial charge in [0.1, 0.15) is 11.5 Å². The number of aliphatic hydroxyl groups is 1. The first-order valence-corrected chi connectivity index (χ1v) is 3.34. The van der Waals surface area contributed by atoms with E-state index in [9.17, 15) is 0 Å². The number of thiocarbonyl (C=S) groups is 1. The molecule has 1 rings (SSSR count). The Morgan fingerprint density at radius 3 is 2.82 bits per heavy atom. The van der Waals surface area contributed by atoms with Crippen LogP contribution in [0.4, 0.5) is 5.69 Å². The van der Waals surface area contributed by atoms with Gasteiger partial charge >= 0.3 is 0 Å². The lowest BCUT2D eigenvalue weighted by Gasteiger charge is -2.00. The van der Waals surface area contributed by atoms with Crippen molar-refractivity contribution in [3.63, 3.8) is 0 Å². The molecule has 11 heavy (non-hydrogen) atoms. The minimum Gasteiger partial charge on any atom is -0.497 e. The number of nitrogens with two attached hydrogens (primary N) is 1. The molecule has 5 heteroatoms. The first-order valence-electron chi connectivity index (χ1n) is 2.93. The summed E-state index contributed by atoms with van der Waals surface area (Å²) in [7, 11) is 0. The maximum atomic E-state index is 8.89. The summed E-state index contributed by atoms with van der Waals surface area (Å²) in [5.74, 6) is 0.533. The van der Waals surface area contributed by atoms with E-state index < -0.39 is 0 Å². The highest BCUT2D eigenvalue weighted by Crippen LogP contribution is 2.06. The molecule has 0 saturated carbocycles. The van der Waals surface area contributed by atoms with E-state index in [1.165, 1.54) is 6.20 Å². The van der Waals surface area contributed by atoms with Crippen LogP contribution in [0.25, 0.3) is 0 Å². The lowest BCUT2D eigenvalue weighted by Crippen LogP contribution is -2.06. The van der Waals surface area contributed by atoms with Crippen LogP contribution in [-0.2, 0) is 0 Å². The molecule has 0 saturated heterocycles. The number of nitrogens with zero attached hydrogens (tertiary/aromatic N) is 2. The Labute approximate surface area is 69.1 Å². The molecule has 0 radical (unpaired) electrons. The van der Waals surface area contributed by atoms with Gasteiger partial charge in [0.2, 0.25) is 5.05 Å². The van der Waals surface area contributed by atoms with E-state index >= 15 is 0 Å². The Kier molecular flexibility index (Phi) is 2.00. The molecule has 0 spiro atoms. The zero-order valence-corrected chi connectivity index (χ0v) is 6.72. The summed E-state index contributed by atoms with van der Waals surface area (Å²) in [6.45, 7) is 1.70. The number of hydrogen-bond donors (Lipinski definition) is 2. The van der Waals surface area contributed by atoms with E-state index in [0.29, 0.717) is 11.5 Å². The van der Waals surface area contributed by atoms with Gasteiger partial charge < -0.3 is 10.8 Å². The van der Waals surface area contributed by atoms with Crippen LogP contribution in [0.15, 0.2) is 6.20 Å². The van der Waals surface area contributed by atoms with Crippen molar-refractivity contribution in [1.82, 2.24) is 9.97 Å². The van der Waals surface area contributed by atoms with Gasteiger partial charge in [-0.25, -0.2) is 9.97 Å². The second-order valence-electron chi connectivity index (χ2n) is 2.03. The van der Waals surface area contributed by atoms with Crippen molar-refractivity contribution in [2.45, 2.75) is 6.92 Å². The molecular formula is C6H7N3OS. The monoisotopic (exact) mass is 169 g/mol. The predicted octanol–water partition coefficient (Wildman–Crippen LogP) is 0.601. The molecule has 1 aromatic rings. The molecule has 1 heterocycles. The SMILES string of the molecule is Cc1ncc(N)c(C(O)=S)n1. The Balaban J connectivity index is 3.23. The van der Waals surface area contributed by atoms with Crippen molar-refractivity contribution in [3.8, 4) is 0 Å². The molecule has 0 amide bonds. The maximum Gasteiger partial charge on any atom is 0.210 e. The Morgan fingerprint density at radius 2 is 2.36 bits per heavy atom. The van der Waals surface area contributed by atoms with Gasteiger partial charge in [-0.2, -0.15) is 0 Å². The number of nitrogen functional groups attached to an aromatic ring is 1. The average molecular weight is 169 g/mol. The second-order valence-corrected chi connectivity index (χ2v) is 2.41. The highest BCUT2D eigenvalue weighted by atomic mass is 32.1. The molecule has 58 valence electrons. The number of aromatic nitrogens is 2. The van der Waals surface area contributed by atoms with Crippen molar-refractivity contribution in [2.75, 3.05) is 5.73 Å². The quantitative estimate of drug-likeness (QED) is 0.602. The van der Waals surface area contributed by atoms with E-state index in [1.807, 2.05) is 0 Å². The number of rotatable bonds is 1. The predicted molar refractivity (Wildman–Crippen MR) is 45.5 cm³/mol. The molecule has 0 unspecified atom stereocenters. The summed E-state index contributed by atoms with van der Waals surface area (Å²) in [4.78, 5) is 7.66. The lowest BCUT2D eigenvalue weighted by atomic mass is 10.3. The Hall–Kier alpha value is -1.23. The van der Waals surface area contributed by atoms with E-state index in [1.54, 1.807) is 6.92 Å². The van der Waals surface area contributed by atoms with Crippen molar-refractivity contribution in [2.24, 2.45) is 0 Å². The fourth-order valence-corrected chi connectivity index (χ4v) is 0.814.